The smallest absolute Gasteiger partial charge is 0.314 e. The zero-order chi connectivity index (χ0) is 12.6. The molecule has 0 amide bonds. The van der Waals surface area contributed by atoms with Crippen molar-refractivity contribution in [3.05, 3.63) is 29.3 Å². The summed E-state index contributed by atoms with van der Waals surface area (Å²) in [7, 11) is 0. The van der Waals surface area contributed by atoms with Gasteiger partial charge in [0.15, 0.2) is 0 Å². The van der Waals surface area contributed by atoms with Crippen LogP contribution >= 0.6 is 0 Å². The molecule has 1 saturated carbocycles. The predicted octanol–water partition coefficient (Wildman–Crippen LogP) is 2.90. The molecule has 3 nitrogen and oxygen atoms in total. The van der Waals surface area contributed by atoms with Crippen molar-refractivity contribution in [3.63, 3.8) is 0 Å². The van der Waals surface area contributed by atoms with E-state index in [2.05, 4.69) is 0 Å². The van der Waals surface area contributed by atoms with Crippen LogP contribution in [0.25, 0.3) is 0 Å². The van der Waals surface area contributed by atoms with E-state index in [1.54, 1.807) is 0 Å². The Balaban J connectivity index is 2.44. The van der Waals surface area contributed by atoms with Crippen LogP contribution in [0.5, 0.6) is 5.75 Å². The van der Waals surface area contributed by atoms with E-state index >= 15 is 0 Å². The number of aliphatic carboxylic acids is 1. The van der Waals surface area contributed by atoms with Crippen molar-refractivity contribution in [2.75, 3.05) is 0 Å². The van der Waals surface area contributed by atoms with Crippen LogP contribution in [0.15, 0.2) is 18.2 Å². The highest BCUT2D eigenvalue weighted by Crippen LogP contribution is 2.51. The molecule has 2 rings (SSSR count). The fourth-order valence-electron chi connectivity index (χ4n) is 2.10. The first kappa shape index (κ1) is 12.0. The van der Waals surface area contributed by atoms with Crippen LogP contribution in [0.1, 0.15) is 37.8 Å². The summed E-state index contributed by atoms with van der Waals surface area (Å²) in [6, 6.07) is 5.78. The standard InChI is InChI=1S/C14H18O3/c1-9(2)17-12-5-4-10(3)8-11(12)14(6-7-14)13(15)16/h4-5,8-9H,6-7H2,1-3H3,(H,15,16). The van der Waals surface area contributed by atoms with Crippen LogP contribution in [0, 0.1) is 6.92 Å². The Morgan fingerprint density at radius 2 is 2.06 bits per heavy atom. The number of carboxylic acid groups (broad SMARTS) is 1. The Labute approximate surface area is 101 Å². The number of rotatable bonds is 4. The topological polar surface area (TPSA) is 46.5 Å². The minimum Gasteiger partial charge on any atom is -0.491 e. The Kier molecular flexibility index (Phi) is 2.86. The number of hydrogen-bond acceptors (Lipinski definition) is 2. The minimum atomic E-state index is -0.739. The van der Waals surface area contributed by atoms with Crippen molar-refractivity contribution in [1.29, 1.82) is 0 Å². The quantitative estimate of drug-likeness (QED) is 0.871. The summed E-state index contributed by atoms with van der Waals surface area (Å²) in [5.74, 6) is -0.0257. The lowest BCUT2D eigenvalue weighted by Crippen LogP contribution is -2.21. The van der Waals surface area contributed by atoms with E-state index in [0.717, 1.165) is 11.1 Å². The molecule has 1 N–H and O–H groups in total. The SMILES string of the molecule is Cc1ccc(OC(C)C)c(C2(C(=O)O)CC2)c1. The number of carbonyl (C=O) groups is 1. The molecule has 92 valence electrons. The molecule has 1 fully saturated rings. The number of hydrogen-bond donors (Lipinski definition) is 1. The molecule has 0 saturated heterocycles. The summed E-state index contributed by atoms with van der Waals surface area (Å²) in [5, 5.41) is 9.35. The van der Waals surface area contributed by atoms with Gasteiger partial charge in [0.1, 0.15) is 5.75 Å². The first-order valence-electron chi connectivity index (χ1n) is 5.97. The van der Waals surface area contributed by atoms with E-state index in [1.807, 2.05) is 39.0 Å². The van der Waals surface area contributed by atoms with Crippen molar-refractivity contribution in [3.8, 4) is 5.75 Å². The lowest BCUT2D eigenvalue weighted by Gasteiger charge is -2.19. The van der Waals surface area contributed by atoms with Gasteiger partial charge in [-0.05, 0) is 39.7 Å². The molecule has 3 heteroatoms. The van der Waals surface area contributed by atoms with Crippen LogP contribution in [-0.4, -0.2) is 17.2 Å². The van der Waals surface area contributed by atoms with E-state index in [1.165, 1.54) is 0 Å². The van der Waals surface area contributed by atoms with Crippen LogP contribution in [-0.2, 0) is 10.2 Å². The molecule has 1 aliphatic rings. The molecule has 0 radical (unpaired) electrons. The highest BCUT2D eigenvalue weighted by atomic mass is 16.5. The maximum Gasteiger partial charge on any atom is 0.314 e. The summed E-state index contributed by atoms with van der Waals surface area (Å²) in [6.45, 7) is 5.87. The number of ether oxygens (including phenoxy) is 1. The van der Waals surface area contributed by atoms with Gasteiger partial charge < -0.3 is 9.84 Å². The van der Waals surface area contributed by atoms with E-state index in [0.29, 0.717) is 18.6 Å². The second-order valence-corrected chi connectivity index (χ2v) is 5.05. The fraction of sp³-hybridized carbons (Fsp3) is 0.500. The first-order chi connectivity index (χ1) is 7.95. The molecule has 0 unspecified atom stereocenters. The normalized spacial score (nSPS) is 16.9. The Hall–Kier alpha value is -1.51. The number of benzene rings is 1. The van der Waals surface area contributed by atoms with Crippen LogP contribution < -0.4 is 4.74 Å². The van der Waals surface area contributed by atoms with Gasteiger partial charge in [-0.25, -0.2) is 0 Å². The van der Waals surface area contributed by atoms with Crippen LogP contribution in [0.2, 0.25) is 0 Å². The monoisotopic (exact) mass is 234 g/mol. The molecule has 0 spiro atoms. The molecule has 0 atom stereocenters. The summed E-state index contributed by atoms with van der Waals surface area (Å²) in [6.07, 6.45) is 1.47. The Morgan fingerprint density at radius 3 is 2.53 bits per heavy atom. The van der Waals surface area contributed by atoms with Gasteiger partial charge >= 0.3 is 5.97 Å². The molecule has 1 aromatic rings. The maximum absolute atomic E-state index is 11.4. The third-order valence-electron chi connectivity index (χ3n) is 3.17. The average Bonchev–Trinajstić information content (AvgIpc) is 3.01. The van der Waals surface area contributed by atoms with E-state index in [4.69, 9.17) is 4.74 Å². The first-order valence-corrected chi connectivity index (χ1v) is 5.97. The Morgan fingerprint density at radius 1 is 1.41 bits per heavy atom. The Bertz CT molecular complexity index is 445. The summed E-state index contributed by atoms with van der Waals surface area (Å²) < 4.78 is 5.71. The largest absolute Gasteiger partial charge is 0.491 e. The van der Waals surface area contributed by atoms with Crippen LogP contribution in [0.3, 0.4) is 0 Å². The highest BCUT2D eigenvalue weighted by Gasteiger charge is 2.53. The van der Waals surface area contributed by atoms with Crippen LogP contribution in [0.4, 0.5) is 0 Å². The third-order valence-corrected chi connectivity index (χ3v) is 3.17. The molecular formula is C14H18O3. The van der Waals surface area contributed by atoms with Crippen molar-refractivity contribution >= 4 is 5.97 Å². The van der Waals surface area contributed by atoms with Gasteiger partial charge in [0.05, 0.1) is 11.5 Å². The van der Waals surface area contributed by atoms with Gasteiger partial charge in [-0.3, -0.25) is 4.79 Å². The number of aryl methyl sites for hydroxylation is 1. The zero-order valence-electron chi connectivity index (χ0n) is 10.5. The molecule has 0 bridgehead atoms. The van der Waals surface area contributed by atoms with Crippen molar-refractivity contribution in [2.24, 2.45) is 0 Å². The third kappa shape index (κ3) is 2.14. The predicted molar refractivity (Wildman–Crippen MR) is 65.5 cm³/mol. The molecule has 1 aliphatic carbocycles. The summed E-state index contributed by atoms with van der Waals surface area (Å²) >= 11 is 0. The minimum absolute atomic E-state index is 0.0565. The molecule has 1 aromatic carbocycles. The average molecular weight is 234 g/mol. The van der Waals surface area contributed by atoms with Crippen molar-refractivity contribution < 1.29 is 14.6 Å². The number of carboxylic acids is 1. The van der Waals surface area contributed by atoms with Crippen molar-refractivity contribution in [1.82, 2.24) is 0 Å². The maximum atomic E-state index is 11.4. The van der Waals surface area contributed by atoms with Gasteiger partial charge in [0.25, 0.3) is 0 Å². The van der Waals surface area contributed by atoms with Gasteiger partial charge in [0, 0.05) is 5.56 Å². The van der Waals surface area contributed by atoms with E-state index in [9.17, 15) is 9.90 Å². The van der Waals surface area contributed by atoms with Gasteiger partial charge in [-0.2, -0.15) is 0 Å². The fourth-order valence-corrected chi connectivity index (χ4v) is 2.10. The second-order valence-electron chi connectivity index (χ2n) is 5.05. The van der Waals surface area contributed by atoms with Gasteiger partial charge in [-0.1, -0.05) is 17.7 Å². The van der Waals surface area contributed by atoms with E-state index in [-0.39, 0.29) is 6.10 Å². The van der Waals surface area contributed by atoms with E-state index < -0.39 is 11.4 Å². The van der Waals surface area contributed by atoms with Gasteiger partial charge in [0.2, 0.25) is 0 Å². The lowest BCUT2D eigenvalue weighted by atomic mass is 9.93. The second kappa shape index (κ2) is 4.06. The van der Waals surface area contributed by atoms with Crippen molar-refractivity contribution in [2.45, 2.75) is 45.1 Å². The zero-order valence-corrected chi connectivity index (χ0v) is 10.5. The molecular weight excluding hydrogens is 216 g/mol. The lowest BCUT2D eigenvalue weighted by molar-refractivity contribution is -0.140. The molecule has 17 heavy (non-hydrogen) atoms. The molecule has 0 aliphatic heterocycles. The summed E-state index contributed by atoms with van der Waals surface area (Å²) in [4.78, 5) is 11.4. The highest BCUT2D eigenvalue weighted by molar-refractivity contribution is 5.86. The van der Waals surface area contributed by atoms with Gasteiger partial charge in [-0.15, -0.1) is 0 Å². The molecule has 0 heterocycles. The molecule has 0 aromatic heterocycles. The summed E-state index contributed by atoms with van der Waals surface area (Å²) in [5.41, 5.74) is 1.21.